The number of nitrogens with two attached hydrogens (primary N) is 1. The zero-order chi connectivity index (χ0) is 32.8. The number of benzene rings is 2. The van der Waals surface area contributed by atoms with E-state index < -0.39 is 42.8 Å². The Morgan fingerprint density at radius 1 is 0.721 bits per heavy atom. The lowest BCUT2D eigenvalue weighted by Crippen LogP contribution is -2.53. The van der Waals surface area contributed by atoms with Crippen molar-refractivity contribution in [2.45, 2.75) is 112 Å². The fourth-order valence-electron chi connectivity index (χ4n) is 5.10. The van der Waals surface area contributed by atoms with Crippen LogP contribution in [0.5, 0.6) is 11.5 Å². The summed E-state index contributed by atoms with van der Waals surface area (Å²) in [5, 5.41) is 1.21. The number of hydrogen-bond acceptors (Lipinski definition) is 7. The van der Waals surface area contributed by atoms with Gasteiger partial charge in [0.15, 0.2) is 0 Å². The van der Waals surface area contributed by atoms with E-state index in [0.29, 0.717) is 17.1 Å². The summed E-state index contributed by atoms with van der Waals surface area (Å²) in [6.45, 7) is 23.1. The molecule has 0 spiro atoms. The number of nitrogens with one attached hydrogen (secondary N) is 1. The molecule has 0 saturated heterocycles. The van der Waals surface area contributed by atoms with E-state index in [9.17, 15) is 4.79 Å². The fourth-order valence-corrected chi connectivity index (χ4v) is 7.75. The maximum absolute atomic E-state index is 15.3. The van der Waals surface area contributed by atoms with Crippen molar-refractivity contribution in [2.75, 3.05) is 0 Å². The van der Waals surface area contributed by atoms with Crippen LogP contribution in [-0.2, 0) is 18.3 Å². The Balaban J connectivity index is 2.66. The Bertz CT molecular complexity index is 1150. The quantitative estimate of drug-likeness (QED) is 0.203. The minimum atomic E-state index is -4.17. The molecular weight excluding hydrogens is 563 g/mol. The van der Waals surface area contributed by atoms with Crippen molar-refractivity contribution in [1.29, 1.82) is 0 Å². The molecule has 0 fully saturated rings. The molecule has 2 atom stereocenters. The average molecular weight is 619 g/mol. The standard InChI is InChI=1S/C34H55N2O6P/c1-22(2)29(23(3)4)41-43(38,42-30(24(5)6)25(7)8)34(12,35)31(36-32(37)40-33(9,10)11)26-18-20-28(21-19-26)39-27-16-14-13-15-17-27/h13-25,29-31H,35H2,1-12H3,(H,36,37)/t31-,34+/m1/s1. The summed E-state index contributed by atoms with van der Waals surface area (Å²) >= 11 is 0. The Labute approximate surface area is 259 Å². The van der Waals surface area contributed by atoms with Crippen LogP contribution in [-0.4, -0.2) is 29.2 Å². The predicted octanol–water partition coefficient (Wildman–Crippen LogP) is 9.31. The molecule has 1 amide bonds. The van der Waals surface area contributed by atoms with Gasteiger partial charge in [-0.3, -0.25) is 4.57 Å². The van der Waals surface area contributed by atoms with Gasteiger partial charge in [-0.2, -0.15) is 0 Å². The molecule has 0 bridgehead atoms. The number of carbonyl (C=O) groups is 1. The molecule has 0 saturated carbocycles. The lowest BCUT2D eigenvalue weighted by molar-refractivity contribution is 0.0238. The molecular formula is C34H55N2O6P. The lowest BCUT2D eigenvalue weighted by atomic mass is 9.97. The first-order valence-electron chi connectivity index (χ1n) is 15.4. The average Bonchev–Trinajstić information content (AvgIpc) is 2.88. The van der Waals surface area contributed by atoms with Crippen LogP contribution in [0.1, 0.15) is 94.7 Å². The molecule has 0 aliphatic carbocycles. The maximum Gasteiger partial charge on any atom is 0.408 e. The van der Waals surface area contributed by atoms with Gasteiger partial charge in [-0.05, 0) is 81.2 Å². The number of hydrogen-bond donors (Lipinski definition) is 2. The lowest BCUT2D eigenvalue weighted by Gasteiger charge is -2.44. The zero-order valence-corrected chi connectivity index (χ0v) is 29.1. The van der Waals surface area contributed by atoms with E-state index in [1.54, 1.807) is 52.0 Å². The van der Waals surface area contributed by atoms with Gasteiger partial charge >= 0.3 is 13.7 Å². The van der Waals surface area contributed by atoms with Gasteiger partial charge in [0.05, 0.1) is 18.2 Å². The molecule has 0 radical (unpaired) electrons. The maximum atomic E-state index is 15.3. The van der Waals surface area contributed by atoms with Crippen molar-refractivity contribution in [3.8, 4) is 11.5 Å². The molecule has 9 heteroatoms. The minimum Gasteiger partial charge on any atom is -0.457 e. The van der Waals surface area contributed by atoms with Crippen molar-refractivity contribution in [1.82, 2.24) is 5.32 Å². The van der Waals surface area contributed by atoms with Crippen LogP contribution >= 0.6 is 7.60 Å². The van der Waals surface area contributed by atoms with Gasteiger partial charge in [0.25, 0.3) is 0 Å². The Morgan fingerprint density at radius 2 is 1.14 bits per heavy atom. The van der Waals surface area contributed by atoms with Crippen molar-refractivity contribution >= 4 is 13.7 Å². The van der Waals surface area contributed by atoms with Crippen molar-refractivity contribution in [2.24, 2.45) is 29.4 Å². The van der Waals surface area contributed by atoms with Crippen LogP contribution in [0.15, 0.2) is 54.6 Å². The molecule has 0 heterocycles. The first kappa shape index (κ1) is 36.8. The molecule has 43 heavy (non-hydrogen) atoms. The van der Waals surface area contributed by atoms with E-state index >= 15 is 4.57 Å². The summed E-state index contributed by atoms with van der Waals surface area (Å²) in [6.07, 6.45) is -1.51. The summed E-state index contributed by atoms with van der Waals surface area (Å²) in [5.74, 6) is 1.44. The first-order valence-corrected chi connectivity index (χ1v) is 16.9. The van der Waals surface area contributed by atoms with E-state index in [4.69, 9.17) is 24.3 Å². The second kappa shape index (κ2) is 15.1. The van der Waals surface area contributed by atoms with Crippen LogP contribution in [0.3, 0.4) is 0 Å². The van der Waals surface area contributed by atoms with Gasteiger partial charge in [-0.25, -0.2) is 4.79 Å². The number of carbonyl (C=O) groups excluding carboxylic acids is 1. The van der Waals surface area contributed by atoms with Gasteiger partial charge in [-0.1, -0.05) is 85.7 Å². The summed E-state index contributed by atoms with van der Waals surface area (Å²) < 4.78 is 39.9. The largest absolute Gasteiger partial charge is 0.457 e. The van der Waals surface area contributed by atoms with Crippen LogP contribution in [0.2, 0.25) is 0 Å². The zero-order valence-electron chi connectivity index (χ0n) is 28.2. The number of alkyl carbamates (subject to hydrolysis) is 1. The Morgan fingerprint density at radius 3 is 1.53 bits per heavy atom. The van der Waals surface area contributed by atoms with Gasteiger partial charge < -0.3 is 29.6 Å². The van der Waals surface area contributed by atoms with Crippen LogP contribution in [0, 0.1) is 23.7 Å². The van der Waals surface area contributed by atoms with E-state index in [1.165, 1.54) is 0 Å². The third-order valence-corrected chi connectivity index (χ3v) is 9.66. The van der Waals surface area contributed by atoms with Crippen LogP contribution in [0.25, 0.3) is 0 Å². The SMILES string of the molecule is CC(C)C(OP(=O)(OC(C(C)C)C(C)C)[C@](C)(N)[C@H](NC(=O)OC(C)(C)C)c1ccc(Oc2ccccc2)cc1)C(C)C. The highest BCUT2D eigenvalue weighted by molar-refractivity contribution is 7.55. The fraction of sp³-hybridized carbons (Fsp3) is 0.618. The van der Waals surface area contributed by atoms with E-state index in [-0.39, 0.29) is 23.7 Å². The van der Waals surface area contributed by atoms with E-state index in [0.717, 1.165) is 0 Å². The van der Waals surface area contributed by atoms with E-state index in [2.05, 4.69) is 5.32 Å². The number of para-hydroxylation sites is 1. The van der Waals surface area contributed by atoms with Gasteiger partial charge in [0.2, 0.25) is 0 Å². The normalized spacial score (nSPS) is 15.0. The second-order valence-electron chi connectivity index (χ2n) is 13.9. The van der Waals surface area contributed by atoms with E-state index in [1.807, 2.05) is 85.7 Å². The first-order chi connectivity index (χ1) is 19.8. The molecule has 0 aromatic heterocycles. The van der Waals surface area contributed by atoms with Gasteiger partial charge in [0.1, 0.15) is 22.4 Å². The van der Waals surface area contributed by atoms with Crippen molar-refractivity contribution in [3.05, 3.63) is 60.2 Å². The molecule has 0 aliphatic rings. The molecule has 2 rings (SSSR count). The second-order valence-corrected chi connectivity index (χ2v) is 16.3. The molecule has 242 valence electrons. The van der Waals surface area contributed by atoms with Crippen LogP contribution in [0.4, 0.5) is 4.79 Å². The predicted molar refractivity (Wildman–Crippen MR) is 174 cm³/mol. The summed E-state index contributed by atoms with van der Waals surface area (Å²) in [7, 11) is -4.17. The molecule has 2 aromatic rings. The topological polar surface area (TPSA) is 109 Å². The molecule has 0 aliphatic heterocycles. The summed E-state index contributed by atoms with van der Waals surface area (Å²) in [4.78, 5) is 13.2. The number of ether oxygens (including phenoxy) is 2. The number of rotatable bonds is 14. The molecule has 0 unspecified atom stereocenters. The van der Waals surface area contributed by atoms with Crippen molar-refractivity contribution in [3.63, 3.8) is 0 Å². The highest BCUT2D eigenvalue weighted by Crippen LogP contribution is 2.64. The monoisotopic (exact) mass is 618 g/mol. The summed E-state index contributed by atoms with van der Waals surface area (Å²) in [5.41, 5.74) is 6.97. The van der Waals surface area contributed by atoms with Crippen LogP contribution < -0.4 is 15.8 Å². The number of amides is 1. The third kappa shape index (κ3) is 10.3. The minimum absolute atomic E-state index is 0.0379. The Hall–Kier alpha value is -2.38. The smallest absolute Gasteiger partial charge is 0.408 e. The van der Waals surface area contributed by atoms with Gasteiger partial charge in [0, 0.05) is 0 Å². The van der Waals surface area contributed by atoms with Crippen molar-refractivity contribution < 1.29 is 27.9 Å². The highest BCUT2D eigenvalue weighted by Gasteiger charge is 2.54. The summed E-state index contributed by atoms with van der Waals surface area (Å²) in [6, 6.07) is 15.6. The van der Waals surface area contributed by atoms with Gasteiger partial charge in [-0.15, -0.1) is 0 Å². The molecule has 8 nitrogen and oxygen atoms in total. The highest BCUT2D eigenvalue weighted by atomic mass is 31.2. The molecule has 3 N–H and O–H groups in total. The third-order valence-electron chi connectivity index (χ3n) is 7.18. The molecule has 2 aromatic carbocycles. The Kier molecular flexibility index (Phi) is 12.9.